The lowest BCUT2D eigenvalue weighted by Gasteiger charge is -2.30. The second-order valence-electron chi connectivity index (χ2n) is 6.65. The monoisotopic (exact) mass is 382 g/mol. The predicted molar refractivity (Wildman–Crippen MR) is 91.7 cm³/mol. The summed E-state index contributed by atoms with van der Waals surface area (Å²) < 4.78 is 40.8. The van der Waals surface area contributed by atoms with E-state index in [9.17, 15) is 18.0 Å². The average molecular weight is 382 g/mol. The summed E-state index contributed by atoms with van der Waals surface area (Å²) >= 11 is 0. The number of rotatable bonds is 4. The van der Waals surface area contributed by atoms with Crippen molar-refractivity contribution in [3.8, 4) is 0 Å². The van der Waals surface area contributed by atoms with E-state index in [-0.39, 0.29) is 18.6 Å². The van der Waals surface area contributed by atoms with E-state index in [0.29, 0.717) is 31.0 Å². The van der Waals surface area contributed by atoms with Crippen LogP contribution in [0, 0.1) is 0 Å². The minimum absolute atomic E-state index is 0.191. The van der Waals surface area contributed by atoms with Gasteiger partial charge in [-0.15, -0.1) is 10.2 Å². The van der Waals surface area contributed by atoms with Gasteiger partial charge in [0.15, 0.2) is 5.82 Å². The first kappa shape index (κ1) is 19.2. The number of amides is 2. The van der Waals surface area contributed by atoms with Crippen LogP contribution in [0.3, 0.4) is 0 Å². The summed E-state index contributed by atoms with van der Waals surface area (Å²) in [6, 6.07) is 4.52. The summed E-state index contributed by atoms with van der Waals surface area (Å²) in [6.45, 7) is 1.67. The summed E-state index contributed by atoms with van der Waals surface area (Å²) in [4.78, 5) is 15.9. The van der Waals surface area contributed by atoms with Gasteiger partial charge in [0.25, 0.3) is 0 Å². The predicted octanol–water partition coefficient (Wildman–Crippen LogP) is 2.13. The number of carbonyl (C=O) groups excluding carboxylic acids is 1. The molecule has 2 amide bonds. The maximum Gasteiger partial charge on any atom is 0.416 e. The number of benzene rings is 1. The Hall–Kier alpha value is -2.62. The molecule has 27 heavy (non-hydrogen) atoms. The molecule has 1 unspecified atom stereocenters. The van der Waals surface area contributed by atoms with Gasteiger partial charge in [-0.05, 0) is 31.8 Å². The smallest absolute Gasteiger partial charge is 0.336 e. The summed E-state index contributed by atoms with van der Waals surface area (Å²) in [5.41, 5.74) is -0.206. The van der Waals surface area contributed by atoms with Gasteiger partial charge in [0.1, 0.15) is 6.33 Å². The molecule has 0 saturated heterocycles. The molecule has 1 atom stereocenters. The van der Waals surface area contributed by atoms with Crippen molar-refractivity contribution in [2.45, 2.75) is 25.3 Å². The highest BCUT2D eigenvalue weighted by molar-refractivity contribution is 5.74. The zero-order valence-electron chi connectivity index (χ0n) is 15.1. The van der Waals surface area contributed by atoms with Crippen LogP contribution in [0.2, 0.25) is 0 Å². The van der Waals surface area contributed by atoms with Crippen LogP contribution in [0.5, 0.6) is 0 Å². The number of nitrogens with one attached hydrogen (secondary N) is 1. The third kappa shape index (κ3) is 4.38. The lowest BCUT2D eigenvalue weighted by molar-refractivity contribution is -0.137. The molecule has 1 aromatic heterocycles. The fourth-order valence-electron chi connectivity index (χ4n) is 3.06. The molecule has 146 valence electrons. The van der Waals surface area contributed by atoms with Crippen LogP contribution in [0.1, 0.15) is 23.0 Å². The molecular weight excluding hydrogens is 361 g/mol. The molecule has 2 heterocycles. The fraction of sp³-hybridized carbons (Fsp3) is 0.471. The first-order valence-corrected chi connectivity index (χ1v) is 8.48. The molecule has 0 fully saturated rings. The van der Waals surface area contributed by atoms with Gasteiger partial charge in [0.2, 0.25) is 0 Å². The molecule has 0 bridgehead atoms. The Bertz CT molecular complexity index is 804. The zero-order chi connectivity index (χ0) is 19.6. The highest BCUT2D eigenvalue weighted by atomic mass is 19.4. The molecular formula is C17H21F3N6O. The molecule has 3 rings (SSSR count). The number of carbonyl (C=O) groups is 1. The maximum atomic E-state index is 13.0. The van der Waals surface area contributed by atoms with Crippen LogP contribution in [-0.2, 0) is 19.3 Å². The summed E-state index contributed by atoms with van der Waals surface area (Å²) in [7, 11) is 3.53. The second kappa shape index (κ2) is 7.55. The highest BCUT2D eigenvalue weighted by Gasteiger charge is 2.31. The number of fused-ring (bicyclic) bond motifs is 1. The van der Waals surface area contributed by atoms with Crippen LogP contribution in [-0.4, -0.2) is 57.8 Å². The minimum Gasteiger partial charge on any atom is -0.336 e. The SMILES string of the molecule is CN(C)C(CNC(=O)N1CCn2cnnc2C1)c1cccc(C(F)(F)F)c1. The topological polar surface area (TPSA) is 66.3 Å². The fourth-order valence-corrected chi connectivity index (χ4v) is 3.06. The molecule has 0 aliphatic carbocycles. The number of urea groups is 1. The highest BCUT2D eigenvalue weighted by Crippen LogP contribution is 2.31. The molecule has 0 spiro atoms. The summed E-state index contributed by atoms with van der Waals surface area (Å²) in [6.07, 6.45) is -2.78. The average Bonchev–Trinajstić information content (AvgIpc) is 3.08. The third-order valence-corrected chi connectivity index (χ3v) is 4.59. The van der Waals surface area contributed by atoms with Gasteiger partial charge in [-0.1, -0.05) is 12.1 Å². The minimum atomic E-state index is -4.40. The number of likely N-dealkylation sites (N-methyl/N-ethyl adjacent to an activating group) is 1. The molecule has 7 nitrogen and oxygen atoms in total. The van der Waals surface area contributed by atoms with Gasteiger partial charge in [0.05, 0.1) is 18.2 Å². The number of hydrogen-bond donors (Lipinski definition) is 1. The van der Waals surface area contributed by atoms with Gasteiger partial charge in [-0.3, -0.25) is 0 Å². The Kier molecular flexibility index (Phi) is 5.36. The van der Waals surface area contributed by atoms with Crippen LogP contribution in [0.15, 0.2) is 30.6 Å². The van der Waals surface area contributed by atoms with Gasteiger partial charge < -0.3 is 19.7 Å². The Morgan fingerprint density at radius 3 is 2.81 bits per heavy atom. The summed E-state index contributed by atoms with van der Waals surface area (Å²) in [5, 5.41) is 10.6. The van der Waals surface area contributed by atoms with Crippen LogP contribution >= 0.6 is 0 Å². The molecule has 0 radical (unpaired) electrons. The van der Waals surface area contributed by atoms with Crippen molar-refractivity contribution in [2.24, 2.45) is 0 Å². The normalized spacial score (nSPS) is 15.6. The van der Waals surface area contributed by atoms with Crippen LogP contribution < -0.4 is 5.32 Å². The number of nitrogens with zero attached hydrogens (tertiary/aromatic N) is 5. The molecule has 2 aromatic rings. The van der Waals surface area contributed by atoms with E-state index in [1.165, 1.54) is 6.07 Å². The Morgan fingerprint density at radius 1 is 1.33 bits per heavy atom. The van der Waals surface area contributed by atoms with E-state index >= 15 is 0 Å². The lowest BCUT2D eigenvalue weighted by Crippen LogP contribution is -2.46. The molecule has 1 aliphatic heterocycles. The van der Waals surface area contributed by atoms with E-state index in [4.69, 9.17) is 0 Å². The second-order valence-corrected chi connectivity index (χ2v) is 6.65. The molecule has 1 N–H and O–H groups in total. The number of aromatic nitrogens is 3. The van der Waals surface area contributed by atoms with Crippen LogP contribution in [0.25, 0.3) is 0 Å². The molecule has 1 aromatic carbocycles. The van der Waals surface area contributed by atoms with Gasteiger partial charge in [-0.25, -0.2) is 4.79 Å². The van der Waals surface area contributed by atoms with Crippen molar-refractivity contribution < 1.29 is 18.0 Å². The van der Waals surface area contributed by atoms with Crippen molar-refractivity contribution in [2.75, 3.05) is 27.2 Å². The van der Waals surface area contributed by atoms with Crippen molar-refractivity contribution in [3.63, 3.8) is 0 Å². The molecule has 0 saturated carbocycles. The molecule has 1 aliphatic rings. The van der Waals surface area contributed by atoms with Crippen molar-refractivity contribution in [3.05, 3.63) is 47.5 Å². The van der Waals surface area contributed by atoms with Crippen molar-refractivity contribution in [1.82, 2.24) is 29.9 Å². The maximum absolute atomic E-state index is 13.0. The van der Waals surface area contributed by atoms with E-state index in [2.05, 4.69) is 15.5 Å². The zero-order valence-corrected chi connectivity index (χ0v) is 15.1. The van der Waals surface area contributed by atoms with Crippen LogP contribution in [0.4, 0.5) is 18.0 Å². The first-order valence-electron chi connectivity index (χ1n) is 8.48. The van der Waals surface area contributed by atoms with Gasteiger partial charge >= 0.3 is 12.2 Å². The number of halogens is 3. The van der Waals surface area contributed by atoms with E-state index in [1.54, 1.807) is 36.3 Å². The Labute approximate surface area is 154 Å². The third-order valence-electron chi connectivity index (χ3n) is 4.59. The van der Waals surface area contributed by atoms with Gasteiger partial charge in [-0.2, -0.15) is 13.2 Å². The Morgan fingerprint density at radius 2 is 2.11 bits per heavy atom. The van der Waals surface area contributed by atoms with Crippen molar-refractivity contribution >= 4 is 6.03 Å². The van der Waals surface area contributed by atoms with Crippen molar-refractivity contribution in [1.29, 1.82) is 0 Å². The quantitative estimate of drug-likeness (QED) is 0.880. The Balaban J connectivity index is 1.66. The number of hydrogen-bond acceptors (Lipinski definition) is 4. The van der Waals surface area contributed by atoms with Gasteiger partial charge in [0, 0.05) is 19.6 Å². The van der Waals surface area contributed by atoms with E-state index in [0.717, 1.165) is 12.1 Å². The van der Waals surface area contributed by atoms with E-state index < -0.39 is 11.7 Å². The standard InChI is InChI=1S/C17H21F3N6O/c1-24(2)14(12-4-3-5-13(8-12)17(18,19)20)9-21-16(27)25-6-7-26-11-22-23-15(26)10-25/h3-5,8,11,14H,6-7,9-10H2,1-2H3,(H,21,27). The van der Waals surface area contributed by atoms with E-state index in [1.807, 2.05) is 4.57 Å². The number of alkyl halides is 3. The first-order chi connectivity index (χ1) is 12.8. The molecule has 10 heteroatoms. The largest absolute Gasteiger partial charge is 0.416 e. The lowest BCUT2D eigenvalue weighted by atomic mass is 10.0. The summed E-state index contributed by atoms with van der Waals surface area (Å²) in [5.74, 6) is 0.707.